The number of nitrogens with zero attached hydrogens (tertiary/aromatic N) is 1. The Hall–Kier alpha value is -0.320. The van der Waals surface area contributed by atoms with Crippen molar-refractivity contribution in [3.05, 3.63) is 0 Å². The number of nitriles is 1. The van der Waals surface area contributed by atoms with Crippen molar-refractivity contribution in [2.75, 3.05) is 19.4 Å². The van der Waals surface area contributed by atoms with Crippen LogP contribution in [0.5, 0.6) is 0 Å². The van der Waals surface area contributed by atoms with Gasteiger partial charge in [0.2, 0.25) is 7.37 Å². The highest BCUT2D eigenvalue weighted by Gasteiger charge is 2.15. The van der Waals surface area contributed by atoms with E-state index in [0.29, 0.717) is 25.1 Å². The van der Waals surface area contributed by atoms with Crippen LogP contribution in [0.1, 0.15) is 20.3 Å². The molecule has 0 aliphatic heterocycles. The summed E-state index contributed by atoms with van der Waals surface area (Å²) in [5.41, 5.74) is 0. The minimum absolute atomic E-state index is 0.311. The maximum Gasteiger partial charge on any atom is 0.201 e. The molecule has 4 heteroatoms. The fourth-order valence-electron chi connectivity index (χ4n) is 0.624. The van der Waals surface area contributed by atoms with Gasteiger partial charge in [0.05, 0.1) is 12.7 Å². The summed E-state index contributed by atoms with van der Waals surface area (Å²) in [5.74, 6) is 0.389. The SMILES string of the molecule is CC(C)CO[P@@](C)(=O)CCC#N. The van der Waals surface area contributed by atoms with E-state index in [1.165, 1.54) is 0 Å². The summed E-state index contributed by atoms with van der Waals surface area (Å²) >= 11 is 0. The molecule has 70 valence electrons. The zero-order valence-electron chi connectivity index (χ0n) is 7.91. The first-order chi connectivity index (χ1) is 5.48. The number of hydrogen-bond acceptors (Lipinski definition) is 3. The average Bonchev–Trinajstić information content (AvgIpc) is 1.98. The second kappa shape index (κ2) is 5.35. The quantitative estimate of drug-likeness (QED) is 0.624. The molecule has 0 unspecified atom stereocenters. The van der Waals surface area contributed by atoms with Gasteiger partial charge in [-0.05, 0) is 5.92 Å². The Bertz CT molecular complexity index is 208. The first-order valence-corrected chi connectivity index (χ1v) is 6.31. The minimum atomic E-state index is -2.49. The Balaban J connectivity index is 3.73. The number of hydrogen-bond donors (Lipinski definition) is 0. The molecular formula is C8H16NO2P. The van der Waals surface area contributed by atoms with E-state index < -0.39 is 7.37 Å². The van der Waals surface area contributed by atoms with Gasteiger partial charge in [-0.3, -0.25) is 4.57 Å². The van der Waals surface area contributed by atoms with Crippen LogP contribution in [0.15, 0.2) is 0 Å². The third kappa shape index (κ3) is 6.39. The molecule has 12 heavy (non-hydrogen) atoms. The van der Waals surface area contributed by atoms with Crippen molar-refractivity contribution in [3.8, 4) is 6.07 Å². The Labute approximate surface area is 74.2 Å². The first kappa shape index (κ1) is 11.7. The van der Waals surface area contributed by atoms with Crippen molar-refractivity contribution in [3.63, 3.8) is 0 Å². The van der Waals surface area contributed by atoms with E-state index in [9.17, 15) is 4.57 Å². The summed E-state index contributed by atoms with van der Waals surface area (Å²) in [7, 11) is -2.49. The second-order valence-corrected chi connectivity index (χ2v) is 6.07. The molecule has 0 amide bonds. The van der Waals surface area contributed by atoms with Crippen molar-refractivity contribution in [2.45, 2.75) is 20.3 Å². The van der Waals surface area contributed by atoms with E-state index in [1.807, 2.05) is 19.9 Å². The molecule has 1 atom stereocenters. The zero-order chi connectivity index (χ0) is 9.61. The molecule has 0 fully saturated rings. The minimum Gasteiger partial charge on any atom is -0.328 e. The van der Waals surface area contributed by atoms with Crippen molar-refractivity contribution in [2.24, 2.45) is 5.92 Å². The van der Waals surface area contributed by atoms with Gasteiger partial charge in [-0.15, -0.1) is 0 Å². The highest BCUT2D eigenvalue weighted by atomic mass is 31.2. The lowest BCUT2D eigenvalue weighted by molar-refractivity contribution is 0.273. The summed E-state index contributed by atoms with van der Waals surface area (Å²) in [5, 5.41) is 8.28. The third-order valence-corrected chi connectivity index (χ3v) is 3.04. The maximum absolute atomic E-state index is 11.5. The zero-order valence-corrected chi connectivity index (χ0v) is 8.80. The topological polar surface area (TPSA) is 50.1 Å². The number of rotatable bonds is 5. The van der Waals surface area contributed by atoms with Crippen LogP contribution in [0, 0.1) is 17.2 Å². The molecular weight excluding hydrogens is 173 g/mol. The van der Waals surface area contributed by atoms with Crippen LogP contribution in [0.4, 0.5) is 0 Å². The van der Waals surface area contributed by atoms with E-state index >= 15 is 0 Å². The summed E-state index contributed by atoms with van der Waals surface area (Å²) in [6.07, 6.45) is 0.683. The van der Waals surface area contributed by atoms with Gasteiger partial charge in [-0.25, -0.2) is 0 Å². The van der Waals surface area contributed by atoms with Gasteiger partial charge in [-0.1, -0.05) is 13.8 Å². The molecule has 0 radical (unpaired) electrons. The molecule has 0 bridgehead atoms. The molecule has 0 aromatic rings. The van der Waals surface area contributed by atoms with Crippen LogP contribution >= 0.6 is 7.37 Å². The third-order valence-electron chi connectivity index (χ3n) is 1.31. The normalized spacial score (nSPS) is 15.6. The van der Waals surface area contributed by atoms with Crippen LogP contribution in [-0.2, 0) is 9.09 Å². The molecule has 0 aromatic carbocycles. The van der Waals surface area contributed by atoms with E-state index in [1.54, 1.807) is 6.66 Å². The molecule has 0 aliphatic carbocycles. The lowest BCUT2D eigenvalue weighted by atomic mass is 10.2. The van der Waals surface area contributed by atoms with Crippen LogP contribution in [0.2, 0.25) is 0 Å². The van der Waals surface area contributed by atoms with Gasteiger partial charge in [0.25, 0.3) is 0 Å². The first-order valence-electron chi connectivity index (χ1n) is 4.06. The highest BCUT2D eigenvalue weighted by Crippen LogP contribution is 2.43. The van der Waals surface area contributed by atoms with Crippen LogP contribution in [0.3, 0.4) is 0 Å². The smallest absolute Gasteiger partial charge is 0.201 e. The van der Waals surface area contributed by atoms with Gasteiger partial charge in [0.1, 0.15) is 0 Å². The van der Waals surface area contributed by atoms with Gasteiger partial charge < -0.3 is 4.52 Å². The predicted molar refractivity (Wildman–Crippen MR) is 49.4 cm³/mol. The lowest BCUT2D eigenvalue weighted by Crippen LogP contribution is -2.01. The monoisotopic (exact) mass is 189 g/mol. The molecule has 0 spiro atoms. The Morgan fingerprint density at radius 2 is 2.17 bits per heavy atom. The molecule has 0 rings (SSSR count). The maximum atomic E-state index is 11.5. The largest absolute Gasteiger partial charge is 0.328 e. The highest BCUT2D eigenvalue weighted by molar-refractivity contribution is 7.58. The molecule has 0 N–H and O–H groups in total. The van der Waals surface area contributed by atoms with Gasteiger partial charge >= 0.3 is 0 Å². The fourth-order valence-corrected chi connectivity index (χ4v) is 1.87. The van der Waals surface area contributed by atoms with Crippen LogP contribution < -0.4 is 0 Å². The van der Waals surface area contributed by atoms with Crippen molar-refractivity contribution < 1.29 is 9.09 Å². The van der Waals surface area contributed by atoms with E-state index in [2.05, 4.69) is 0 Å². The Morgan fingerprint density at radius 1 is 1.58 bits per heavy atom. The Kier molecular flexibility index (Phi) is 5.20. The molecule has 0 aliphatic rings. The molecule has 0 aromatic heterocycles. The second-order valence-electron chi connectivity index (χ2n) is 3.34. The van der Waals surface area contributed by atoms with Crippen LogP contribution in [-0.4, -0.2) is 19.4 Å². The molecule has 0 saturated heterocycles. The van der Waals surface area contributed by atoms with Gasteiger partial charge in [0, 0.05) is 19.2 Å². The lowest BCUT2D eigenvalue weighted by Gasteiger charge is -2.13. The van der Waals surface area contributed by atoms with Crippen LogP contribution in [0.25, 0.3) is 0 Å². The van der Waals surface area contributed by atoms with Gasteiger partial charge in [0.15, 0.2) is 0 Å². The molecule has 0 heterocycles. The molecule has 0 saturated carbocycles. The van der Waals surface area contributed by atoms with Crippen molar-refractivity contribution in [1.82, 2.24) is 0 Å². The van der Waals surface area contributed by atoms with Crippen molar-refractivity contribution in [1.29, 1.82) is 5.26 Å². The van der Waals surface area contributed by atoms with E-state index in [0.717, 1.165) is 0 Å². The summed E-state index contributed by atoms with van der Waals surface area (Å²) in [6, 6.07) is 1.96. The summed E-state index contributed by atoms with van der Waals surface area (Å²) in [6.45, 7) is 6.11. The average molecular weight is 189 g/mol. The summed E-state index contributed by atoms with van der Waals surface area (Å²) in [4.78, 5) is 0. The van der Waals surface area contributed by atoms with E-state index in [4.69, 9.17) is 9.79 Å². The fraction of sp³-hybridized carbons (Fsp3) is 0.875. The summed E-state index contributed by atoms with van der Waals surface area (Å²) < 4.78 is 16.7. The van der Waals surface area contributed by atoms with E-state index in [-0.39, 0.29) is 0 Å². The standard InChI is InChI=1S/C8H16NO2P/c1-8(2)7-11-12(3,10)6-4-5-9/h8H,4,6-7H2,1-3H3/t12-/m1/s1. The predicted octanol–water partition coefficient (Wildman–Crippen LogP) is 2.48. The van der Waals surface area contributed by atoms with Gasteiger partial charge in [-0.2, -0.15) is 5.26 Å². The Morgan fingerprint density at radius 3 is 2.58 bits per heavy atom. The molecule has 3 nitrogen and oxygen atoms in total. The van der Waals surface area contributed by atoms with Crippen molar-refractivity contribution >= 4 is 7.37 Å².